The highest BCUT2D eigenvalue weighted by Crippen LogP contribution is 2.48. The minimum absolute atomic E-state index is 0.0550. The van der Waals surface area contributed by atoms with Crippen molar-refractivity contribution in [3.8, 4) is 0 Å². The first-order valence-corrected chi connectivity index (χ1v) is 14.0. The van der Waals surface area contributed by atoms with Gasteiger partial charge in [-0.1, -0.05) is 48.5 Å². The van der Waals surface area contributed by atoms with Crippen LogP contribution in [0, 0.1) is 0 Å². The number of hydrogen-bond acceptors (Lipinski definition) is 3. The van der Waals surface area contributed by atoms with Gasteiger partial charge in [-0.3, -0.25) is 0 Å². The smallest absolute Gasteiger partial charge is 0.0362 e. The third-order valence-corrected chi connectivity index (χ3v) is 11.3. The summed E-state index contributed by atoms with van der Waals surface area (Å²) in [6.07, 6.45) is 3.53. The van der Waals surface area contributed by atoms with Gasteiger partial charge in [0.15, 0.2) is 0 Å². The van der Waals surface area contributed by atoms with E-state index in [1.54, 1.807) is 15.3 Å². The molecular weight excluding hydrogens is 420 g/mol. The van der Waals surface area contributed by atoms with E-state index in [1.807, 2.05) is 34.0 Å². The van der Waals surface area contributed by atoms with Crippen LogP contribution in [0.25, 0.3) is 0 Å². The van der Waals surface area contributed by atoms with Crippen molar-refractivity contribution in [1.29, 1.82) is 0 Å². The van der Waals surface area contributed by atoms with Crippen LogP contribution < -0.4 is 0 Å². The molecule has 0 fully saturated rings. The van der Waals surface area contributed by atoms with Gasteiger partial charge in [-0.15, -0.1) is 34.0 Å². The quantitative estimate of drug-likeness (QED) is 0.299. The maximum absolute atomic E-state index is 2.46. The summed E-state index contributed by atoms with van der Waals surface area (Å²) < 4.78 is 0. The molecule has 0 saturated heterocycles. The van der Waals surface area contributed by atoms with Gasteiger partial charge in [-0.25, -0.2) is 0 Å². The fourth-order valence-corrected chi connectivity index (χ4v) is 8.24. The zero-order valence-electron chi connectivity index (χ0n) is 20.0. The van der Waals surface area contributed by atoms with E-state index in [1.165, 1.54) is 28.2 Å². The fraction of sp³-hybridized carbons (Fsp3) is 0.556. The average Bonchev–Trinajstić information content (AvgIpc) is 3.51. The van der Waals surface area contributed by atoms with Crippen molar-refractivity contribution in [3.63, 3.8) is 0 Å². The van der Waals surface area contributed by atoms with Crippen molar-refractivity contribution in [2.75, 3.05) is 0 Å². The van der Waals surface area contributed by atoms with E-state index in [9.17, 15) is 0 Å². The molecular formula is C27H38S3. The molecule has 0 amide bonds. The normalized spacial score (nSPS) is 16.4. The second kappa shape index (κ2) is 9.30. The molecule has 3 rings (SSSR count). The standard InChI is InChI=1S/C27H38S3/c1-9-18(4)20-14-16-28-24(20)26(6,7)22-12-13-23(30-22)27(8,11-3)25-21(15-17-29-25)19(5)10-2/h12-19H,9-11H2,1-8H3. The molecule has 164 valence electrons. The Morgan fingerprint density at radius 2 is 1.23 bits per heavy atom. The lowest BCUT2D eigenvalue weighted by molar-refractivity contribution is 0.559. The highest BCUT2D eigenvalue weighted by atomic mass is 32.1. The van der Waals surface area contributed by atoms with Gasteiger partial charge in [0.05, 0.1) is 0 Å². The minimum atomic E-state index is 0.0550. The molecule has 0 aliphatic rings. The molecule has 3 atom stereocenters. The van der Waals surface area contributed by atoms with Gasteiger partial charge < -0.3 is 0 Å². The van der Waals surface area contributed by atoms with Crippen LogP contribution in [0.2, 0.25) is 0 Å². The second-order valence-corrected chi connectivity index (χ2v) is 12.4. The highest BCUT2D eigenvalue weighted by molar-refractivity contribution is 7.14. The van der Waals surface area contributed by atoms with Crippen LogP contribution in [0.4, 0.5) is 0 Å². The molecule has 0 saturated carbocycles. The molecule has 0 aliphatic heterocycles. The van der Waals surface area contributed by atoms with Crippen LogP contribution >= 0.6 is 34.0 Å². The average molecular weight is 459 g/mol. The van der Waals surface area contributed by atoms with E-state index in [0.717, 1.165) is 6.42 Å². The molecule has 0 spiro atoms. The van der Waals surface area contributed by atoms with Gasteiger partial charge in [-0.2, -0.15) is 0 Å². The molecule has 3 aromatic heterocycles. The molecule has 3 aromatic rings. The largest absolute Gasteiger partial charge is 0.148 e. The molecule has 3 heterocycles. The molecule has 3 heteroatoms. The minimum Gasteiger partial charge on any atom is -0.148 e. The molecule has 3 unspecified atom stereocenters. The third kappa shape index (κ3) is 4.10. The first kappa shape index (κ1) is 23.8. The van der Waals surface area contributed by atoms with Gasteiger partial charge in [0.25, 0.3) is 0 Å². The number of rotatable bonds is 9. The zero-order chi connectivity index (χ0) is 22.1. The van der Waals surface area contributed by atoms with Crippen LogP contribution in [0.3, 0.4) is 0 Å². The Morgan fingerprint density at radius 1 is 0.733 bits per heavy atom. The van der Waals surface area contributed by atoms with Crippen molar-refractivity contribution < 1.29 is 0 Å². The van der Waals surface area contributed by atoms with Gasteiger partial charge in [-0.05, 0) is 84.2 Å². The summed E-state index contributed by atoms with van der Waals surface area (Å²) in [6, 6.07) is 9.54. The molecule has 0 aromatic carbocycles. The van der Waals surface area contributed by atoms with E-state index < -0.39 is 0 Å². The van der Waals surface area contributed by atoms with Crippen molar-refractivity contribution in [3.05, 3.63) is 65.7 Å². The topological polar surface area (TPSA) is 0 Å². The van der Waals surface area contributed by atoms with Crippen LogP contribution in [0.5, 0.6) is 0 Å². The van der Waals surface area contributed by atoms with Crippen LogP contribution in [-0.4, -0.2) is 0 Å². The lowest BCUT2D eigenvalue weighted by atomic mass is 9.80. The van der Waals surface area contributed by atoms with Crippen molar-refractivity contribution >= 4 is 34.0 Å². The Morgan fingerprint density at radius 3 is 1.77 bits per heavy atom. The van der Waals surface area contributed by atoms with E-state index in [2.05, 4.69) is 90.4 Å². The van der Waals surface area contributed by atoms with Crippen LogP contribution in [0.1, 0.15) is 117 Å². The van der Waals surface area contributed by atoms with E-state index in [0.29, 0.717) is 11.8 Å². The Kier molecular flexibility index (Phi) is 7.37. The summed E-state index contributed by atoms with van der Waals surface area (Å²) >= 11 is 5.92. The molecule has 0 nitrogen and oxygen atoms in total. The fourth-order valence-electron chi connectivity index (χ4n) is 4.34. The zero-order valence-corrected chi connectivity index (χ0v) is 22.4. The van der Waals surface area contributed by atoms with Crippen molar-refractivity contribution in [1.82, 2.24) is 0 Å². The predicted molar refractivity (Wildman–Crippen MR) is 139 cm³/mol. The van der Waals surface area contributed by atoms with Crippen LogP contribution in [0.15, 0.2) is 35.0 Å². The summed E-state index contributed by atoms with van der Waals surface area (Å²) in [4.78, 5) is 6.12. The van der Waals surface area contributed by atoms with Crippen molar-refractivity contribution in [2.24, 2.45) is 0 Å². The monoisotopic (exact) mass is 458 g/mol. The van der Waals surface area contributed by atoms with Gasteiger partial charge >= 0.3 is 0 Å². The summed E-state index contributed by atoms with van der Waals surface area (Å²) in [7, 11) is 0. The summed E-state index contributed by atoms with van der Waals surface area (Å²) in [5.74, 6) is 1.24. The summed E-state index contributed by atoms with van der Waals surface area (Å²) in [6.45, 7) is 19.0. The summed E-state index contributed by atoms with van der Waals surface area (Å²) in [5, 5.41) is 4.58. The third-order valence-electron chi connectivity index (χ3n) is 7.22. The Balaban J connectivity index is 2.03. The molecule has 0 bridgehead atoms. The predicted octanol–water partition coefficient (Wildman–Crippen LogP) is 9.94. The SMILES string of the molecule is CCC(C)c1ccsc1C(C)(C)c1ccc(C(C)(CC)c2sccc2C(C)CC)s1. The maximum Gasteiger partial charge on any atom is 0.0362 e. The molecule has 0 aliphatic carbocycles. The van der Waals surface area contributed by atoms with Gasteiger partial charge in [0.1, 0.15) is 0 Å². The Bertz CT molecular complexity index is 954. The first-order valence-electron chi connectivity index (χ1n) is 11.5. The van der Waals surface area contributed by atoms with Crippen molar-refractivity contribution in [2.45, 2.75) is 97.3 Å². The van der Waals surface area contributed by atoms with Gasteiger partial charge in [0.2, 0.25) is 0 Å². The van der Waals surface area contributed by atoms with E-state index in [4.69, 9.17) is 0 Å². The maximum atomic E-state index is 2.46. The van der Waals surface area contributed by atoms with Crippen LogP contribution in [-0.2, 0) is 10.8 Å². The van der Waals surface area contributed by atoms with E-state index in [-0.39, 0.29) is 10.8 Å². The highest BCUT2D eigenvalue weighted by Gasteiger charge is 2.36. The van der Waals surface area contributed by atoms with E-state index >= 15 is 0 Å². The second-order valence-electron chi connectivity index (χ2n) is 9.50. The Labute approximate surface area is 196 Å². The lowest BCUT2D eigenvalue weighted by Crippen LogP contribution is -2.22. The molecule has 0 N–H and O–H groups in total. The summed E-state index contributed by atoms with van der Waals surface area (Å²) in [5.41, 5.74) is 3.25. The lowest BCUT2D eigenvalue weighted by Gasteiger charge is -2.30. The van der Waals surface area contributed by atoms with Gasteiger partial charge in [0, 0.05) is 30.3 Å². The first-order chi connectivity index (χ1) is 14.2. The Hall–Kier alpha value is -0.900. The molecule has 0 radical (unpaired) electrons. The number of thiophene rings is 3. The molecule has 30 heavy (non-hydrogen) atoms. The number of hydrogen-bond donors (Lipinski definition) is 0.